The second kappa shape index (κ2) is 13.5. The second-order valence-electron chi connectivity index (χ2n) is 9.03. The van der Waals surface area contributed by atoms with Crippen molar-refractivity contribution in [2.75, 3.05) is 26.2 Å². The van der Waals surface area contributed by atoms with Gasteiger partial charge in [-0.1, -0.05) is 53.4 Å². The van der Waals surface area contributed by atoms with E-state index < -0.39 is 8.02 Å². The van der Waals surface area contributed by atoms with Crippen LogP contribution in [0.15, 0.2) is 30.3 Å². The molecule has 1 aromatic rings. The molecule has 28 heavy (non-hydrogen) atoms. The number of hydrogen-bond donors (Lipinski definition) is 0. The van der Waals surface area contributed by atoms with Gasteiger partial charge in [-0.2, -0.15) is 0 Å². The Balaban J connectivity index is 0.000000567. The van der Waals surface area contributed by atoms with Gasteiger partial charge in [0.05, 0.1) is 26.2 Å². The van der Waals surface area contributed by atoms with Gasteiger partial charge in [0.15, 0.2) is 0 Å². The van der Waals surface area contributed by atoms with Gasteiger partial charge in [-0.25, -0.2) is 0 Å². The predicted molar refractivity (Wildman–Crippen MR) is 125 cm³/mol. The molecular weight excluding hydrogens is 368 g/mol. The molecule has 0 atom stereocenters. The Morgan fingerprint density at radius 1 is 0.643 bits per heavy atom. The molecule has 0 aliphatic rings. The SMILES string of the molecule is CCCC[N+](CCCC)(CCCC)CCCC.C[Si-](C)(F)(F)c1ccccc1. The van der Waals surface area contributed by atoms with E-state index in [-0.39, 0.29) is 5.19 Å². The summed E-state index contributed by atoms with van der Waals surface area (Å²) in [6, 6.07) is 8.03. The first-order valence-electron chi connectivity index (χ1n) is 11.6. The van der Waals surface area contributed by atoms with E-state index in [1.54, 1.807) is 18.2 Å². The zero-order valence-corrected chi connectivity index (χ0v) is 20.6. The molecule has 0 spiro atoms. The van der Waals surface area contributed by atoms with Crippen molar-refractivity contribution in [1.29, 1.82) is 0 Å². The van der Waals surface area contributed by atoms with Crippen LogP contribution >= 0.6 is 0 Å². The summed E-state index contributed by atoms with van der Waals surface area (Å²) in [6.45, 7) is 17.1. The molecule has 0 bridgehead atoms. The Labute approximate surface area is 174 Å². The van der Waals surface area contributed by atoms with E-state index >= 15 is 0 Å². The molecule has 0 heterocycles. The van der Waals surface area contributed by atoms with Crippen LogP contribution < -0.4 is 5.19 Å². The number of quaternary nitrogens is 1. The molecule has 4 heteroatoms. The molecule has 1 rings (SSSR count). The molecule has 0 amide bonds. The van der Waals surface area contributed by atoms with Crippen molar-refractivity contribution < 1.29 is 12.7 Å². The molecule has 1 aromatic carbocycles. The van der Waals surface area contributed by atoms with Crippen LogP contribution in [0.25, 0.3) is 0 Å². The first kappa shape index (κ1) is 27.3. The van der Waals surface area contributed by atoms with Crippen molar-refractivity contribution in [3.63, 3.8) is 0 Å². The van der Waals surface area contributed by atoms with E-state index in [1.165, 1.54) is 94.2 Å². The monoisotopic (exact) mass is 415 g/mol. The summed E-state index contributed by atoms with van der Waals surface area (Å²) in [5.41, 5.74) is 0. The van der Waals surface area contributed by atoms with E-state index in [4.69, 9.17) is 0 Å². The van der Waals surface area contributed by atoms with Gasteiger partial charge in [0, 0.05) is 0 Å². The first-order chi connectivity index (χ1) is 13.1. The van der Waals surface area contributed by atoms with Gasteiger partial charge in [-0.05, 0) is 25.7 Å². The molecule has 0 aromatic heterocycles. The number of halogens is 2. The van der Waals surface area contributed by atoms with Crippen LogP contribution in [-0.2, 0) is 0 Å². The topological polar surface area (TPSA) is 0 Å². The normalized spacial score (nSPS) is 13.4. The second-order valence-corrected chi connectivity index (χ2v) is 13.6. The summed E-state index contributed by atoms with van der Waals surface area (Å²) >= 11 is 0. The molecule has 0 fully saturated rings. The molecule has 0 unspecified atom stereocenters. The molecule has 0 aliphatic carbocycles. The van der Waals surface area contributed by atoms with Crippen molar-refractivity contribution in [2.45, 2.75) is 92.2 Å². The van der Waals surface area contributed by atoms with Gasteiger partial charge in [-0.15, -0.1) is 0 Å². The number of rotatable bonds is 13. The molecule has 0 saturated heterocycles. The summed E-state index contributed by atoms with van der Waals surface area (Å²) in [4.78, 5) is 0. The van der Waals surface area contributed by atoms with Crippen molar-refractivity contribution in [1.82, 2.24) is 0 Å². The summed E-state index contributed by atoms with van der Waals surface area (Å²) in [5, 5.41) is 0.201. The third-order valence-electron chi connectivity index (χ3n) is 5.51. The van der Waals surface area contributed by atoms with Gasteiger partial charge in [-0.3, -0.25) is 0 Å². The van der Waals surface area contributed by atoms with Gasteiger partial charge in [0.1, 0.15) is 0 Å². The van der Waals surface area contributed by atoms with Gasteiger partial charge >= 0.3 is 64.8 Å². The van der Waals surface area contributed by atoms with Crippen LogP contribution in [0.2, 0.25) is 13.1 Å². The number of benzene rings is 1. The first-order valence-corrected chi connectivity index (χ1v) is 14.9. The molecular formula is C24H47F2NSi. The molecule has 1 nitrogen and oxygen atoms in total. The van der Waals surface area contributed by atoms with Gasteiger partial charge in [0.25, 0.3) is 0 Å². The fraction of sp³-hybridized carbons (Fsp3) is 0.750. The molecule has 0 aliphatic heterocycles. The van der Waals surface area contributed by atoms with E-state index in [0.29, 0.717) is 0 Å². The quantitative estimate of drug-likeness (QED) is 0.178. The Morgan fingerprint density at radius 3 is 1.18 bits per heavy atom. The van der Waals surface area contributed by atoms with E-state index in [2.05, 4.69) is 27.7 Å². The Bertz CT molecular complexity index is 450. The molecule has 0 saturated carbocycles. The van der Waals surface area contributed by atoms with Crippen LogP contribution in [0.5, 0.6) is 0 Å². The third-order valence-corrected chi connectivity index (χ3v) is 7.44. The third kappa shape index (κ3) is 12.0. The zero-order valence-electron chi connectivity index (χ0n) is 19.6. The van der Waals surface area contributed by atoms with Gasteiger partial charge < -0.3 is 4.48 Å². The van der Waals surface area contributed by atoms with Crippen molar-refractivity contribution in [3.8, 4) is 0 Å². The summed E-state index contributed by atoms with van der Waals surface area (Å²) < 4.78 is 28.0. The maximum absolute atomic E-state index is 13.3. The Kier molecular flexibility index (Phi) is 13.1. The average molecular weight is 416 g/mol. The van der Waals surface area contributed by atoms with Crippen molar-refractivity contribution in [2.24, 2.45) is 0 Å². The summed E-state index contributed by atoms with van der Waals surface area (Å²) in [7, 11) is -4.73. The molecule has 0 radical (unpaired) electrons. The van der Waals surface area contributed by atoms with Crippen LogP contribution in [0, 0.1) is 0 Å². The Hall–Kier alpha value is -0.743. The Morgan fingerprint density at radius 2 is 0.964 bits per heavy atom. The standard InChI is InChI=1S/C16H36N.C8H11F2Si/c1-5-9-13-17(14-10-6-2,15-11-7-3)16-12-8-4;1-11(2,9,10)8-6-4-3-5-7-8/h5-16H2,1-4H3;3-7H,1-2H3/q+1;-1. The summed E-state index contributed by atoms with van der Waals surface area (Å²) in [6.07, 6.45) is 11.1. The number of nitrogens with zero attached hydrogens (tertiary/aromatic N) is 1. The predicted octanol–water partition coefficient (Wildman–Crippen LogP) is 7.49. The molecule has 0 N–H and O–H groups in total. The van der Waals surface area contributed by atoms with E-state index in [1.807, 2.05) is 0 Å². The van der Waals surface area contributed by atoms with Crippen LogP contribution in [-0.4, -0.2) is 38.7 Å². The molecule has 166 valence electrons. The zero-order chi connectivity index (χ0) is 21.5. The number of unbranched alkanes of at least 4 members (excludes halogenated alkanes) is 4. The minimum absolute atomic E-state index is 0.201. The van der Waals surface area contributed by atoms with E-state index in [9.17, 15) is 8.22 Å². The number of hydrogen-bond acceptors (Lipinski definition) is 0. The fourth-order valence-electron chi connectivity index (χ4n) is 3.54. The van der Waals surface area contributed by atoms with Gasteiger partial charge in [0.2, 0.25) is 0 Å². The van der Waals surface area contributed by atoms with E-state index in [0.717, 1.165) is 13.1 Å². The minimum atomic E-state index is -4.73. The maximum atomic E-state index is 13.3. The van der Waals surface area contributed by atoms with Crippen LogP contribution in [0.1, 0.15) is 79.1 Å². The summed E-state index contributed by atoms with van der Waals surface area (Å²) in [5.74, 6) is 0. The van der Waals surface area contributed by atoms with Crippen molar-refractivity contribution >= 4 is 13.2 Å². The van der Waals surface area contributed by atoms with Crippen LogP contribution in [0.4, 0.5) is 8.22 Å². The van der Waals surface area contributed by atoms with Crippen molar-refractivity contribution in [3.05, 3.63) is 30.3 Å². The average Bonchev–Trinajstić information content (AvgIpc) is 2.67. The fourth-order valence-corrected chi connectivity index (χ4v) is 4.65. The van der Waals surface area contributed by atoms with Crippen LogP contribution in [0.3, 0.4) is 0 Å².